The maximum Gasteiger partial charge on any atom is 0.410 e. The Morgan fingerprint density at radius 2 is 1.61 bits per heavy atom. The number of hydrogen-bond acceptors (Lipinski definition) is 6. The van der Waals surface area contributed by atoms with Gasteiger partial charge in [-0.15, -0.1) is 0 Å². The molecule has 3 rings (SSSR count). The van der Waals surface area contributed by atoms with E-state index in [1.165, 1.54) is 12.1 Å². The summed E-state index contributed by atoms with van der Waals surface area (Å²) in [6.45, 7) is 4.95. The van der Waals surface area contributed by atoms with Crippen molar-refractivity contribution in [2.24, 2.45) is 0 Å². The van der Waals surface area contributed by atoms with Crippen LogP contribution < -0.4 is 4.74 Å². The second-order valence-electron chi connectivity index (χ2n) is 8.64. The lowest BCUT2D eigenvalue weighted by atomic mass is 9.94. The van der Waals surface area contributed by atoms with Crippen molar-refractivity contribution in [3.05, 3.63) is 24.0 Å². The molecule has 1 saturated heterocycles. The van der Waals surface area contributed by atoms with Gasteiger partial charge in [0.2, 0.25) is 0 Å². The van der Waals surface area contributed by atoms with Gasteiger partial charge >= 0.3 is 6.09 Å². The Morgan fingerprint density at radius 3 is 2.16 bits per heavy atom. The first-order valence-corrected chi connectivity index (χ1v) is 12.8. The molecule has 0 radical (unpaired) electrons. The number of carbonyl (C=O) groups is 1. The maximum absolute atomic E-state index is 14.2. The van der Waals surface area contributed by atoms with Crippen LogP contribution in [0.15, 0.2) is 23.1 Å². The van der Waals surface area contributed by atoms with Crippen LogP contribution in [-0.2, 0) is 19.3 Å². The van der Waals surface area contributed by atoms with E-state index >= 15 is 0 Å². The molecule has 1 saturated carbocycles. The fraction of sp³-hybridized carbons (Fsp3) is 0.682. The van der Waals surface area contributed by atoms with E-state index in [1.54, 1.807) is 4.90 Å². The second kappa shape index (κ2) is 10.2. The molecule has 174 valence electrons. The van der Waals surface area contributed by atoms with Crippen molar-refractivity contribution in [3.8, 4) is 5.75 Å². The van der Waals surface area contributed by atoms with Gasteiger partial charge in [-0.3, -0.25) is 0 Å². The number of sulfone groups is 1. The summed E-state index contributed by atoms with van der Waals surface area (Å²) in [5, 5.41) is 0. The molecule has 1 aromatic rings. The largest absolute Gasteiger partial charge is 0.487 e. The summed E-state index contributed by atoms with van der Waals surface area (Å²) in [4.78, 5) is 13.6. The van der Waals surface area contributed by atoms with Gasteiger partial charge < -0.3 is 19.1 Å². The molecule has 0 aromatic heterocycles. The molecular weight excluding hydrogens is 425 g/mol. The molecule has 2 fully saturated rings. The van der Waals surface area contributed by atoms with Crippen LogP contribution in [0.1, 0.15) is 52.4 Å². The number of rotatable bonds is 6. The van der Waals surface area contributed by atoms with E-state index in [0.717, 1.165) is 50.8 Å². The predicted molar refractivity (Wildman–Crippen MR) is 113 cm³/mol. The van der Waals surface area contributed by atoms with Gasteiger partial charge in [-0.1, -0.05) is 0 Å². The van der Waals surface area contributed by atoms with Gasteiger partial charge in [-0.25, -0.2) is 17.6 Å². The molecule has 0 N–H and O–H groups in total. The first-order valence-electron chi connectivity index (χ1n) is 10.9. The molecule has 1 heterocycles. The van der Waals surface area contributed by atoms with Crippen LogP contribution in [-0.4, -0.2) is 63.2 Å². The van der Waals surface area contributed by atoms with E-state index in [4.69, 9.17) is 14.2 Å². The van der Waals surface area contributed by atoms with Crippen molar-refractivity contribution in [3.63, 3.8) is 0 Å². The zero-order chi connectivity index (χ0) is 22.6. The molecule has 1 aliphatic heterocycles. The van der Waals surface area contributed by atoms with Crippen molar-refractivity contribution in [1.29, 1.82) is 0 Å². The zero-order valence-corrected chi connectivity index (χ0v) is 19.2. The average molecular weight is 458 g/mol. The Morgan fingerprint density at radius 1 is 1.03 bits per heavy atom. The number of ether oxygens (including phenoxy) is 3. The normalized spacial score (nSPS) is 23.1. The Labute approximate surface area is 183 Å². The number of nitrogens with zero attached hydrogens (tertiary/aromatic N) is 1. The third-order valence-electron chi connectivity index (χ3n) is 5.67. The predicted octanol–water partition coefficient (Wildman–Crippen LogP) is 3.95. The Hall–Kier alpha value is -1.87. The molecule has 1 amide bonds. The molecule has 0 unspecified atom stereocenters. The lowest BCUT2D eigenvalue weighted by Crippen LogP contribution is -2.43. The van der Waals surface area contributed by atoms with E-state index in [2.05, 4.69) is 0 Å². The summed E-state index contributed by atoms with van der Waals surface area (Å²) in [5.41, 5.74) is 0. The Balaban J connectivity index is 1.41. The minimum atomic E-state index is -3.45. The fourth-order valence-electron chi connectivity index (χ4n) is 4.00. The van der Waals surface area contributed by atoms with Gasteiger partial charge in [0, 0.05) is 19.3 Å². The molecule has 0 bridgehead atoms. The van der Waals surface area contributed by atoms with Gasteiger partial charge in [0.05, 0.1) is 29.3 Å². The molecule has 9 heteroatoms. The first kappa shape index (κ1) is 23.8. The van der Waals surface area contributed by atoms with Crippen molar-refractivity contribution in [1.82, 2.24) is 4.90 Å². The van der Waals surface area contributed by atoms with E-state index in [1.807, 2.05) is 13.8 Å². The van der Waals surface area contributed by atoms with Gasteiger partial charge in [0.1, 0.15) is 0 Å². The number of halogens is 1. The van der Waals surface area contributed by atoms with Gasteiger partial charge in [0.25, 0.3) is 0 Å². The SMILES string of the molecule is CC(C)OC(=O)N1CCC(O[C@H]2CC[C@H](Oc3ccc(S(C)(=O)=O)cc3F)CC2)CC1. The summed E-state index contributed by atoms with van der Waals surface area (Å²) in [5.74, 6) is -0.582. The topological polar surface area (TPSA) is 82.1 Å². The average Bonchev–Trinajstić information content (AvgIpc) is 2.70. The summed E-state index contributed by atoms with van der Waals surface area (Å²) in [6, 6.07) is 3.75. The van der Waals surface area contributed by atoms with Crippen LogP contribution in [0.4, 0.5) is 9.18 Å². The van der Waals surface area contributed by atoms with Crippen molar-refractivity contribution in [2.45, 2.75) is 81.7 Å². The maximum atomic E-state index is 14.2. The second-order valence-corrected chi connectivity index (χ2v) is 10.7. The smallest absolute Gasteiger partial charge is 0.410 e. The van der Waals surface area contributed by atoms with Gasteiger partial charge in [-0.05, 0) is 70.6 Å². The number of hydrogen-bond donors (Lipinski definition) is 0. The number of amides is 1. The minimum absolute atomic E-state index is 0.0574. The minimum Gasteiger partial charge on any atom is -0.487 e. The molecule has 31 heavy (non-hydrogen) atoms. The number of benzene rings is 1. The first-order chi connectivity index (χ1) is 14.6. The highest BCUT2D eigenvalue weighted by Gasteiger charge is 2.29. The monoisotopic (exact) mass is 457 g/mol. The Bertz CT molecular complexity index is 859. The van der Waals surface area contributed by atoms with Crippen molar-refractivity contribution in [2.75, 3.05) is 19.3 Å². The van der Waals surface area contributed by atoms with Gasteiger partial charge in [-0.2, -0.15) is 0 Å². The number of piperidine rings is 1. The molecule has 1 aromatic carbocycles. The fourth-order valence-corrected chi connectivity index (χ4v) is 4.63. The Kier molecular flexibility index (Phi) is 7.80. The van der Waals surface area contributed by atoms with E-state index < -0.39 is 15.7 Å². The standard InChI is InChI=1S/C22H32FNO6S/c1-15(2)28-22(25)24-12-10-18(11-13-24)29-16-4-6-17(7-5-16)30-21-9-8-19(14-20(21)23)31(3,26)27/h8-9,14-18H,4-7,10-13H2,1-3H3/t16-,17-. The van der Waals surface area contributed by atoms with Crippen molar-refractivity contribution >= 4 is 15.9 Å². The quantitative estimate of drug-likeness (QED) is 0.643. The summed E-state index contributed by atoms with van der Waals surface area (Å²) in [6.07, 6.45) is 5.54. The third kappa shape index (κ3) is 6.80. The van der Waals surface area contributed by atoms with Gasteiger partial charge in [0.15, 0.2) is 21.4 Å². The number of carbonyl (C=O) groups excluding carboxylic acids is 1. The lowest BCUT2D eigenvalue weighted by Gasteiger charge is -2.36. The highest BCUT2D eigenvalue weighted by molar-refractivity contribution is 7.90. The zero-order valence-electron chi connectivity index (χ0n) is 18.4. The van der Waals surface area contributed by atoms with Crippen LogP contribution in [0.25, 0.3) is 0 Å². The van der Waals surface area contributed by atoms with E-state index in [9.17, 15) is 17.6 Å². The summed E-state index contributed by atoms with van der Waals surface area (Å²) >= 11 is 0. The van der Waals surface area contributed by atoms with Crippen LogP contribution in [0.5, 0.6) is 5.75 Å². The molecule has 0 spiro atoms. The highest BCUT2D eigenvalue weighted by Crippen LogP contribution is 2.30. The molecule has 0 atom stereocenters. The van der Waals surface area contributed by atoms with Crippen LogP contribution in [0.2, 0.25) is 0 Å². The van der Waals surface area contributed by atoms with Crippen LogP contribution >= 0.6 is 0 Å². The third-order valence-corrected chi connectivity index (χ3v) is 6.78. The molecule has 1 aliphatic carbocycles. The highest BCUT2D eigenvalue weighted by atomic mass is 32.2. The van der Waals surface area contributed by atoms with Crippen LogP contribution in [0, 0.1) is 5.82 Å². The molecule has 7 nitrogen and oxygen atoms in total. The van der Waals surface area contributed by atoms with Crippen LogP contribution in [0.3, 0.4) is 0 Å². The summed E-state index contributed by atoms with van der Waals surface area (Å²) < 4.78 is 54.6. The van der Waals surface area contributed by atoms with E-state index in [-0.39, 0.29) is 41.2 Å². The molecular formula is C22H32FNO6S. The van der Waals surface area contributed by atoms with Crippen molar-refractivity contribution < 1.29 is 31.8 Å². The van der Waals surface area contributed by atoms with E-state index in [0.29, 0.717) is 13.1 Å². The number of likely N-dealkylation sites (tertiary alicyclic amines) is 1. The molecule has 2 aliphatic rings. The summed E-state index contributed by atoms with van der Waals surface area (Å²) in [7, 11) is -3.45. The lowest BCUT2D eigenvalue weighted by molar-refractivity contribution is -0.0658.